The number of carbonyl (C=O) groups is 1. The third kappa shape index (κ3) is 3.21. The molecule has 1 rings (SSSR count). The molecule has 0 spiro atoms. The number of carbonyl (C=O) groups excluding carboxylic acids is 1. The highest BCUT2D eigenvalue weighted by atomic mass is 32.1. The number of anilines is 1. The second-order valence-corrected chi connectivity index (χ2v) is 4.96. The summed E-state index contributed by atoms with van der Waals surface area (Å²) in [6, 6.07) is 1.70. The molecule has 5 heteroatoms. The molecule has 90 valence electrons. The largest absolute Gasteiger partial charge is 0.397 e. The Morgan fingerprint density at radius 2 is 2.31 bits per heavy atom. The number of aliphatic hydroxyl groups is 1. The fraction of sp³-hybridized carbons (Fsp3) is 0.545. The smallest absolute Gasteiger partial charge is 0.263 e. The van der Waals surface area contributed by atoms with Crippen LogP contribution < -0.4 is 11.1 Å². The monoisotopic (exact) mass is 242 g/mol. The molecule has 0 saturated heterocycles. The van der Waals surface area contributed by atoms with Crippen molar-refractivity contribution in [3.05, 3.63) is 16.3 Å². The lowest BCUT2D eigenvalue weighted by Crippen LogP contribution is -2.39. The van der Waals surface area contributed by atoms with Crippen molar-refractivity contribution in [3.63, 3.8) is 0 Å². The predicted octanol–water partition coefficient (Wildman–Crippen LogP) is 1.47. The first-order chi connectivity index (χ1) is 7.56. The van der Waals surface area contributed by atoms with Gasteiger partial charge in [-0.2, -0.15) is 0 Å². The summed E-state index contributed by atoms with van der Waals surface area (Å²) in [5, 5.41) is 13.6. The Labute approximate surface area is 99.5 Å². The molecule has 1 amide bonds. The van der Waals surface area contributed by atoms with Crippen LogP contribution in [0.1, 0.15) is 29.9 Å². The van der Waals surface area contributed by atoms with Gasteiger partial charge in [0.2, 0.25) is 0 Å². The second kappa shape index (κ2) is 5.86. The van der Waals surface area contributed by atoms with E-state index in [1.54, 1.807) is 11.4 Å². The number of hydrogen-bond donors (Lipinski definition) is 3. The van der Waals surface area contributed by atoms with Crippen molar-refractivity contribution in [2.75, 3.05) is 12.3 Å². The van der Waals surface area contributed by atoms with E-state index >= 15 is 0 Å². The van der Waals surface area contributed by atoms with Crippen LogP contribution in [0.4, 0.5) is 5.69 Å². The molecular weight excluding hydrogens is 224 g/mol. The summed E-state index contributed by atoms with van der Waals surface area (Å²) < 4.78 is 0. The minimum Gasteiger partial charge on any atom is -0.397 e. The lowest BCUT2D eigenvalue weighted by molar-refractivity contribution is 0.0921. The van der Waals surface area contributed by atoms with E-state index in [-0.39, 0.29) is 24.5 Å². The number of thiophene rings is 1. The number of hydrogen-bond acceptors (Lipinski definition) is 4. The van der Waals surface area contributed by atoms with E-state index in [1.807, 2.05) is 13.8 Å². The van der Waals surface area contributed by atoms with Crippen molar-refractivity contribution in [1.82, 2.24) is 5.32 Å². The van der Waals surface area contributed by atoms with Crippen molar-refractivity contribution >= 4 is 22.9 Å². The van der Waals surface area contributed by atoms with Gasteiger partial charge in [-0.3, -0.25) is 4.79 Å². The van der Waals surface area contributed by atoms with Crippen LogP contribution in [0.15, 0.2) is 11.4 Å². The molecule has 16 heavy (non-hydrogen) atoms. The maximum atomic E-state index is 11.9. The Morgan fingerprint density at radius 1 is 1.62 bits per heavy atom. The van der Waals surface area contributed by atoms with Gasteiger partial charge in [0.25, 0.3) is 5.91 Å². The van der Waals surface area contributed by atoms with E-state index in [1.165, 1.54) is 11.3 Å². The number of nitrogens with one attached hydrogen (secondary N) is 1. The van der Waals surface area contributed by atoms with E-state index in [9.17, 15) is 4.79 Å². The molecule has 0 bridgehead atoms. The van der Waals surface area contributed by atoms with Crippen molar-refractivity contribution in [2.24, 2.45) is 5.92 Å². The first-order valence-electron chi connectivity index (χ1n) is 5.31. The third-order valence-corrected chi connectivity index (χ3v) is 3.39. The van der Waals surface area contributed by atoms with Gasteiger partial charge in [0.15, 0.2) is 0 Å². The van der Waals surface area contributed by atoms with E-state index in [4.69, 9.17) is 10.8 Å². The van der Waals surface area contributed by atoms with Crippen molar-refractivity contribution < 1.29 is 9.90 Å². The molecule has 0 aliphatic rings. The Morgan fingerprint density at radius 3 is 2.75 bits per heavy atom. The van der Waals surface area contributed by atoms with Gasteiger partial charge in [-0.15, -0.1) is 11.3 Å². The molecular formula is C11H18N2O2S. The van der Waals surface area contributed by atoms with Gasteiger partial charge in [-0.05, 0) is 23.8 Å². The molecule has 1 aromatic heterocycles. The summed E-state index contributed by atoms with van der Waals surface area (Å²) in [6.07, 6.45) is 0.564. The molecule has 1 aromatic rings. The van der Waals surface area contributed by atoms with Crippen molar-refractivity contribution in [2.45, 2.75) is 26.3 Å². The fourth-order valence-electron chi connectivity index (χ4n) is 1.45. The molecule has 1 atom stereocenters. The van der Waals surface area contributed by atoms with E-state index in [0.717, 1.165) is 0 Å². The van der Waals surface area contributed by atoms with Gasteiger partial charge in [0, 0.05) is 12.6 Å². The number of aliphatic hydroxyl groups excluding tert-OH is 1. The lowest BCUT2D eigenvalue weighted by atomic mass is 10.0. The zero-order valence-corrected chi connectivity index (χ0v) is 10.4. The van der Waals surface area contributed by atoms with Crippen molar-refractivity contribution in [3.8, 4) is 0 Å². The third-order valence-electron chi connectivity index (χ3n) is 2.46. The highest BCUT2D eigenvalue weighted by molar-refractivity contribution is 7.12. The number of nitrogens with two attached hydrogens (primary N) is 1. The Hall–Kier alpha value is -1.07. The Balaban J connectivity index is 2.65. The average molecular weight is 242 g/mol. The molecule has 0 radical (unpaired) electrons. The molecule has 0 aliphatic heterocycles. The minimum atomic E-state index is -0.153. The highest BCUT2D eigenvalue weighted by Crippen LogP contribution is 2.19. The molecule has 1 heterocycles. The molecule has 0 fully saturated rings. The Kier molecular flexibility index (Phi) is 4.76. The summed E-state index contributed by atoms with van der Waals surface area (Å²) in [4.78, 5) is 12.4. The fourth-order valence-corrected chi connectivity index (χ4v) is 2.17. The second-order valence-electron chi connectivity index (χ2n) is 4.04. The summed E-state index contributed by atoms with van der Waals surface area (Å²) >= 11 is 1.33. The zero-order valence-electron chi connectivity index (χ0n) is 9.56. The van der Waals surface area contributed by atoms with Gasteiger partial charge < -0.3 is 16.2 Å². The number of rotatable bonds is 5. The van der Waals surface area contributed by atoms with Crippen LogP contribution in [0.25, 0.3) is 0 Å². The van der Waals surface area contributed by atoms with Crippen LogP contribution >= 0.6 is 11.3 Å². The summed E-state index contributed by atoms with van der Waals surface area (Å²) in [6.45, 7) is 4.10. The van der Waals surface area contributed by atoms with Crippen LogP contribution in [0.3, 0.4) is 0 Å². The number of amides is 1. The van der Waals surface area contributed by atoms with E-state index < -0.39 is 0 Å². The molecule has 1 unspecified atom stereocenters. The molecule has 4 nitrogen and oxygen atoms in total. The Bertz CT molecular complexity index is 350. The summed E-state index contributed by atoms with van der Waals surface area (Å²) in [5.74, 6) is 0.136. The number of nitrogen functional groups attached to an aromatic ring is 1. The predicted molar refractivity (Wildman–Crippen MR) is 66.5 cm³/mol. The van der Waals surface area contributed by atoms with Crippen LogP contribution in [0.5, 0.6) is 0 Å². The van der Waals surface area contributed by atoms with Gasteiger partial charge in [0.05, 0.1) is 5.69 Å². The first-order valence-corrected chi connectivity index (χ1v) is 6.19. The van der Waals surface area contributed by atoms with E-state index in [2.05, 4.69) is 5.32 Å². The van der Waals surface area contributed by atoms with Crippen LogP contribution in [-0.2, 0) is 0 Å². The first kappa shape index (κ1) is 13.0. The standard InChI is InChI=1S/C11H18N2O2S/c1-7(2)9(3-5-14)13-11(15)10-8(12)4-6-16-10/h4,6-7,9,14H,3,5,12H2,1-2H3,(H,13,15). The minimum absolute atomic E-state index is 0.0148. The van der Waals surface area contributed by atoms with Crippen LogP contribution in [0, 0.1) is 5.92 Å². The van der Waals surface area contributed by atoms with Crippen LogP contribution in [-0.4, -0.2) is 23.7 Å². The zero-order chi connectivity index (χ0) is 12.1. The SMILES string of the molecule is CC(C)C(CCO)NC(=O)c1sccc1N. The summed E-state index contributed by atoms with van der Waals surface area (Å²) in [5.41, 5.74) is 6.18. The summed E-state index contributed by atoms with van der Waals surface area (Å²) in [7, 11) is 0. The van der Waals surface area contributed by atoms with Gasteiger partial charge in [0.1, 0.15) is 4.88 Å². The molecule has 0 saturated carbocycles. The van der Waals surface area contributed by atoms with Crippen LogP contribution in [0.2, 0.25) is 0 Å². The highest BCUT2D eigenvalue weighted by Gasteiger charge is 2.18. The molecule has 0 aliphatic carbocycles. The van der Waals surface area contributed by atoms with Gasteiger partial charge >= 0.3 is 0 Å². The topological polar surface area (TPSA) is 75.3 Å². The van der Waals surface area contributed by atoms with Crippen molar-refractivity contribution in [1.29, 1.82) is 0 Å². The molecule has 0 aromatic carbocycles. The quantitative estimate of drug-likeness (QED) is 0.732. The van der Waals surface area contributed by atoms with E-state index in [0.29, 0.717) is 17.0 Å². The lowest BCUT2D eigenvalue weighted by Gasteiger charge is -2.21. The van der Waals surface area contributed by atoms with Gasteiger partial charge in [-0.25, -0.2) is 0 Å². The average Bonchev–Trinajstić information content (AvgIpc) is 2.63. The maximum absolute atomic E-state index is 11.9. The van der Waals surface area contributed by atoms with Gasteiger partial charge in [-0.1, -0.05) is 13.8 Å². The maximum Gasteiger partial charge on any atom is 0.263 e. The normalized spacial score (nSPS) is 12.8. The molecule has 4 N–H and O–H groups in total.